The van der Waals surface area contributed by atoms with Crippen LogP contribution in [-0.4, -0.2) is 28.8 Å². The van der Waals surface area contributed by atoms with Gasteiger partial charge in [-0.3, -0.25) is 0 Å². The molecule has 0 aromatic carbocycles. The van der Waals surface area contributed by atoms with Crippen molar-refractivity contribution >= 4 is 5.97 Å². The van der Waals surface area contributed by atoms with E-state index in [0.29, 0.717) is 11.3 Å². The predicted molar refractivity (Wildman–Crippen MR) is 50.4 cm³/mol. The Balaban J connectivity index is 2.25. The molecule has 1 heterocycles. The number of allylic oxidation sites excluding steroid dienone is 2. The minimum atomic E-state index is -0.913. The number of rotatable bonds is 2. The van der Waals surface area contributed by atoms with E-state index in [-0.39, 0.29) is 18.6 Å². The maximum absolute atomic E-state index is 10.9. The fraction of sp³-hybridized carbons (Fsp3) is 0.300. The monoisotopic (exact) mass is 193 g/mol. The number of aliphatic hydroxyl groups excluding tert-OH is 1. The van der Waals surface area contributed by atoms with Gasteiger partial charge < -0.3 is 15.5 Å². The number of carboxylic acids is 1. The summed E-state index contributed by atoms with van der Waals surface area (Å²) in [6.07, 6.45) is 7.11. The SMILES string of the molecule is O=C(O)C1=CC=CC2C=C(CO)NC12. The molecule has 1 aliphatic carbocycles. The second kappa shape index (κ2) is 3.31. The van der Waals surface area contributed by atoms with Gasteiger partial charge in [-0.2, -0.15) is 0 Å². The molecule has 2 aliphatic rings. The first-order valence-electron chi connectivity index (χ1n) is 4.42. The van der Waals surface area contributed by atoms with Gasteiger partial charge in [0.1, 0.15) is 0 Å². The van der Waals surface area contributed by atoms with Crippen molar-refractivity contribution in [2.24, 2.45) is 5.92 Å². The van der Waals surface area contributed by atoms with Crippen LogP contribution >= 0.6 is 0 Å². The second-order valence-electron chi connectivity index (χ2n) is 3.36. The summed E-state index contributed by atoms with van der Waals surface area (Å²) in [7, 11) is 0. The first kappa shape index (κ1) is 9.02. The fourth-order valence-electron chi connectivity index (χ4n) is 1.82. The molecule has 2 atom stereocenters. The molecule has 14 heavy (non-hydrogen) atoms. The summed E-state index contributed by atoms with van der Waals surface area (Å²) in [5, 5.41) is 20.8. The van der Waals surface area contributed by atoms with Gasteiger partial charge in [-0.1, -0.05) is 18.2 Å². The normalized spacial score (nSPS) is 28.9. The smallest absolute Gasteiger partial charge is 0.333 e. The van der Waals surface area contributed by atoms with Crippen molar-refractivity contribution in [3.8, 4) is 0 Å². The number of hydrogen-bond donors (Lipinski definition) is 3. The molecule has 0 aromatic rings. The van der Waals surface area contributed by atoms with E-state index in [9.17, 15) is 4.79 Å². The Hall–Kier alpha value is -1.55. The van der Waals surface area contributed by atoms with Crippen LogP contribution in [0, 0.1) is 5.92 Å². The Kier molecular flexibility index (Phi) is 2.13. The summed E-state index contributed by atoms with van der Waals surface area (Å²) in [6, 6.07) is -0.223. The zero-order valence-corrected chi connectivity index (χ0v) is 7.47. The highest BCUT2D eigenvalue weighted by Crippen LogP contribution is 2.27. The van der Waals surface area contributed by atoms with Gasteiger partial charge in [-0.05, 0) is 6.08 Å². The van der Waals surface area contributed by atoms with Gasteiger partial charge in [-0.25, -0.2) is 4.79 Å². The predicted octanol–water partition coefficient (Wildman–Crippen LogP) is 0.0314. The lowest BCUT2D eigenvalue weighted by atomic mass is 9.91. The maximum atomic E-state index is 10.9. The first-order chi connectivity index (χ1) is 6.72. The van der Waals surface area contributed by atoms with Crippen molar-refractivity contribution in [3.05, 3.63) is 35.6 Å². The van der Waals surface area contributed by atoms with Crippen LogP contribution in [0.25, 0.3) is 0 Å². The second-order valence-corrected chi connectivity index (χ2v) is 3.36. The highest BCUT2D eigenvalue weighted by molar-refractivity contribution is 5.89. The van der Waals surface area contributed by atoms with Gasteiger partial charge in [0.25, 0.3) is 0 Å². The summed E-state index contributed by atoms with van der Waals surface area (Å²) in [4.78, 5) is 10.9. The highest BCUT2D eigenvalue weighted by atomic mass is 16.4. The third-order valence-corrected chi connectivity index (χ3v) is 2.48. The molecule has 0 spiro atoms. The van der Waals surface area contributed by atoms with Crippen molar-refractivity contribution in [2.45, 2.75) is 6.04 Å². The van der Waals surface area contributed by atoms with E-state index in [1.165, 1.54) is 0 Å². The highest BCUT2D eigenvalue weighted by Gasteiger charge is 2.32. The van der Waals surface area contributed by atoms with Gasteiger partial charge in [0, 0.05) is 11.6 Å². The van der Waals surface area contributed by atoms with Crippen LogP contribution in [0.4, 0.5) is 0 Å². The molecule has 0 amide bonds. The van der Waals surface area contributed by atoms with Crippen LogP contribution in [0.1, 0.15) is 0 Å². The fourth-order valence-corrected chi connectivity index (χ4v) is 1.82. The lowest BCUT2D eigenvalue weighted by Gasteiger charge is -2.21. The number of hydrogen-bond acceptors (Lipinski definition) is 3. The Morgan fingerprint density at radius 1 is 1.57 bits per heavy atom. The lowest BCUT2D eigenvalue weighted by Crippen LogP contribution is -2.34. The quantitative estimate of drug-likeness (QED) is 0.578. The summed E-state index contributed by atoms with van der Waals surface area (Å²) in [5.74, 6) is -0.863. The van der Waals surface area contributed by atoms with E-state index in [0.717, 1.165) is 0 Å². The van der Waals surface area contributed by atoms with E-state index in [1.54, 1.807) is 12.2 Å². The van der Waals surface area contributed by atoms with Crippen LogP contribution in [0.15, 0.2) is 35.6 Å². The Morgan fingerprint density at radius 3 is 3.00 bits per heavy atom. The van der Waals surface area contributed by atoms with Gasteiger partial charge >= 0.3 is 5.97 Å². The van der Waals surface area contributed by atoms with Crippen LogP contribution < -0.4 is 5.32 Å². The zero-order valence-electron chi connectivity index (χ0n) is 7.47. The Labute approximate surface area is 81.2 Å². The molecule has 4 heteroatoms. The van der Waals surface area contributed by atoms with Crippen molar-refractivity contribution in [1.82, 2.24) is 5.32 Å². The minimum absolute atomic E-state index is 0.0493. The molecule has 2 unspecified atom stereocenters. The number of nitrogens with one attached hydrogen (secondary N) is 1. The number of fused-ring (bicyclic) bond motifs is 1. The molecular weight excluding hydrogens is 182 g/mol. The van der Waals surface area contributed by atoms with Crippen LogP contribution in [0.2, 0.25) is 0 Å². The molecule has 74 valence electrons. The summed E-state index contributed by atoms with van der Waals surface area (Å²) >= 11 is 0. The largest absolute Gasteiger partial charge is 0.478 e. The molecule has 3 N–H and O–H groups in total. The minimum Gasteiger partial charge on any atom is -0.478 e. The third-order valence-electron chi connectivity index (χ3n) is 2.48. The Morgan fingerprint density at radius 2 is 2.36 bits per heavy atom. The van der Waals surface area contributed by atoms with E-state index < -0.39 is 5.97 Å². The molecule has 0 saturated carbocycles. The zero-order chi connectivity index (χ0) is 10.1. The van der Waals surface area contributed by atoms with E-state index >= 15 is 0 Å². The van der Waals surface area contributed by atoms with Crippen molar-refractivity contribution in [1.29, 1.82) is 0 Å². The molecule has 1 aliphatic heterocycles. The van der Waals surface area contributed by atoms with Gasteiger partial charge in [0.15, 0.2) is 0 Å². The van der Waals surface area contributed by atoms with Gasteiger partial charge in [0.2, 0.25) is 0 Å². The number of aliphatic carboxylic acids is 1. The van der Waals surface area contributed by atoms with Crippen LogP contribution in [0.3, 0.4) is 0 Å². The molecule has 0 bridgehead atoms. The molecule has 0 aromatic heterocycles. The molecule has 0 saturated heterocycles. The van der Waals surface area contributed by atoms with Crippen LogP contribution in [0.5, 0.6) is 0 Å². The summed E-state index contributed by atoms with van der Waals surface area (Å²) in [5.41, 5.74) is 1.04. The number of aliphatic hydroxyl groups is 1. The van der Waals surface area contributed by atoms with Crippen LogP contribution in [-0.2, 0) is 4.79 Å². The first-order valence-corrected chi connectivity index (χ1v) is 4.42. The van der Waals surface area contributed by atoms with Gasteiger partial charge in [-0.15, -0.1) is 0 Å². The summed E-state index contributed by atoms with van der Waals surface area (Å²) in [6.45, 7) is -0.0757. The standard InChI is InChI=1S/C10H11NO3/c12-5-7-4-6-2-1-3-8(10(13)14)9(6)11-7/h1-4,6,9,11-12H,5H2,(H,13,14). The van der Waals surface area contributed by atoms with Crippen molar-refractivity contribution in [3.63, 3.8) is 0 Å². The summed E-state index contributed by atoms with van der Waals surface area (Å²) < 4.78 is 0. The van der Waals surface area contributed by atoms with Crippen molar-refractivity contribution < 1.29 is 15.0 Å². The molecule has 0 radical (unpaired) electrons. The Bertz CT molecular complexity index is 354. The van der Waals surface area contributed by atoms with Crippen molar-refractivity contribution in [2.75, 3.05) is 6.61 Å². The molecule has 0 fully saturated rings. The number of carbonyl (C=O) groups is 1. The lowest BCUT2D eigenvalue weighted by molar-refractivity contribution is -0.133. The van der Waals surface area contributed by atoms with E-state index in [1.807, 2.05) is 12.2 Å². The topological polar surface area (TPSA) is 69.6 Å². The van der Waals surface area contributed by atoms with E-state index in [2.05, 4.69) is 5.32 Å². The molecule has 4 nitrogen and oxygen atoms in total. The van der Waals surface area contributed by atoms with E-state index in [4.69, 9.17) is 10.2 Å². The average molecular weight is 193 g/mol. The maximum Gasteiger partial charge on any atom is 0.333 e. The van der Waals surface area contributed by atoms with Gasteiger partial charge in [0.05, 0.1) is 18.2 Å². The molecular formula is C10H11NO3. The third kappa shape index (κ3) is 1.33. The number of carboxylic acid groups (broad SMARTS) is 1. The average Bonchev–Trinajstić information content (AvgIpc) is 2.59. The molecule has 2 rings (SSSR count).